The van der Waals surface area contributed by atoms with Crippen molar-refractivity contribution in [1.82, 2.24) is 15.3 Å². The predicted octanol–water partition coefficient (Wildman–Crippen LogP) is 3.65. The molecule has 2 aromatic rings. The lowest BCUT2D eigenvalue weighted by molar-refractivity contribution is 0.586. The fraction of sp³-hybridized carbons (Fsp3) is 0.308. The maximum Gasteiger partial charge on any atom is 0.137 e. The Labute approximate surface area is 114 Å². The number of benzene rings is 1. The Morgan fingerprint density at radius 1 is 1.44 bits per heavy atom. The maximum atomic E-state index is 13.3. The fourth-order valence-corrected chi connectivity index (χ4v) is 2.27. The lowest BCUT2D eigenvalue weighted by Crippen LogP contribution is -2.17. The van der Waals surface area contributed by atoms with Gasteiger partial charge in [0.15, 0.2) is 0 Å². The van der Waals surface area contributed by atoms with Crippen LogP contribution in [0.4, 0.5) is 4.39 Å². The van der Waals surface area contributed by atoms with Crippen molar-refractivity contribution in [3.63, 3.8) is 0 Å². The van der Waals surface area contributed by atoms with Gasteiger partial charge in [0, 0.05) is 16.1 Å². The van der Waals surface area contributed by atoms with Gasteiger partial charge < -0.3 is 10.3 Å². The average Bonchev–Trinajstić information content (AvgIpc) is 2.77. The molecular formula is C13H15BrFN3. The number of hydrogen-bond donors (Lipinski definition) is 2. The maximum absolute atomic E-state index is 13.3. The van der Waals surface area contributed by atoms with Gasteiger partial charge in [-0.25, -0.2) is 9.37 Å². The summed E-state index contributed by atoms with van der Waals surface area (Å²) in [6.07, 6.45) is 1.78. The normalized spacial score (nSPS) is 12.7. The van der Waals surface area contributed by atoms with Crippen molar-refractivity contribution < 1.29 is 4.39 Å². The standard InChI is InChI=1S/C13H15BrFN3/c1-3-16-8(2)12-7-17-13(18-12)9-4-10(14)6-11(15)5-9/h4-8,16H,3H2,1-2H3,(H,17,18). The Kier molecular flexibility index (Phi) is 4.14. The van der Waals surface area contributed by atoms with E-state index in [1.807, 2.05) is 6.07 Å². The van der Waals surface area contributed by atoms with Crippen LogP contribution in [0, 0.1) is 5.82 Å². The Balaban J connectivity index is 2.29. The SMILES string of the molecule is CCNC(C)c1cnc(-c2cc(F)cc(Br)c2)[nH]1. The lowest BCUT2D eigenvalue weighted by atomic mass is 10.2. The lowest BCUT2D eigenvalue weighted by Gasteiger charge is -2.09. The summed E-state index contributed by atoms with van der Waals surface area (Å²) < 4.78 is 14.0. The first-order chi connectivity index (χ1) is 8.60. The van der Waals surface area contributed by atoms with E-state index in [1.54, 1.807) is 6.20 Å². The Bertz CT molecular complexity index is 519. The van der Waals surface area contributed by atoms with E-state index in [-0.39, 0.29) is 11.9 Å². The summed E-state index contributed by atoms with van der Waals surface area (Å²) in [5, 5.41) is 3.29. The summed E-state index contributed by atoms with van der Waals surface area (Å²) in [4.78, 5) is 7.50. The van der Waals surface area contributed by atoms with E-state index in [0.29, 0.717) is 10.3 Å². The van der Waals surface area contributed by atoms with Crippen molar-refractivity contribution in [2.75, 3.05) is 6.54 Å². The number of imidazole rings is 1. The first-order valence-corrected chi connectivity index (χ1v) is 6.64. The number of aromatic nitrogens is 2. The zero-order chi connectivity index (χ0) is 13.1. The van der Waals surface area contributed by atoms with Gasteiger partial charge in [0.1, 0.15) is 11.6 Å². The van der Waals surface area contributed by atoms with Crippen LogP contribution in [0.2, 0.25) is 0 Å². The van der Waals surface area contributed by atoms with Crippen molar-refractivity contribution >= 4 is 15.9 Å². The Hall–Kier alpha value is -1.20. The smallest absolute Gasteiger partial charge is 0.137 e. The van der Waals surface area contributed by atoms with Gasteiger partial charge in [-0.05, 0) is 31.7 Å². The molecule has 1 heterocycles. The van der Waals surface area contributed by atoms with Gasteiger partial charge in [-0.2, -0.15) is 0 Å². The first-order valence-electron chi connectivity index (χ1n) is 5.85. The van der Waals surface area contributed by atoms with Crippen LogP contribution in [0.5, 0.6) is 0 Å². The monoisotopic (exact) mass is 311 g/mol. The molecule has 0 bridgehead atoms. The van der Waals surface area contributed by atoms with Crippen LogP contribution in [0.15, 0.2) is 28.9 Å². The second-order valence-electron chi connectivity index (χ2n) is 4.12. The molecule has 2 N–H and O–H groups in total. The predicted molar refractivity (Wildman–Crippen MR) is 73.8 cm³/mol. The zero-order valence-corrected chi connectivity index (χ0v) is 11.9. The van der Waals surface area contributed by atoms with E-state index in [2.05, 4.69) is 45.1 Å². The van der Waals surface area contributed by atoms with Crippen LogP contribution in [-0.2, 0) is 0 Å². The van der Waals surface area contributed by atoms with Crippen LogP contribution in [0.3, 0.4) is 0 Å². The first kappa shape index (κ1) is 13.2. The van der Waals surface area contributed by atoms with Crippen molar-refractivity contribution in [1.29, 1.82) is 0 Å². The molecule has 3 nitrogen and oxygen atoms in total. The third-order valence-corrected chi connectivity index (χ3v) is 3.17. The Morgan fingerprint density at radius 3 is 2.89 bits per heavy atom. The topological polar surface area (TPSA) is 40.7 Å². The highest BCUT2D eigenvalue weighted by Gasteiger charge is 2.10. The minimum Gasteiger partial charge on any atom is -0.341 e. The van der Waals surface area contributed by atoms with E-state index in [0.717, 1.165) is 17.8 Å². The van der Waals surface area contributed by atoms with Gasteiger partial charge in [-0.1, -0.05) is 22.9 Å². The van der Waals surface area contributed by atoms with Crippen LogP contribution < -0.4 is 5.32 Å². The summed E-state index contributed by atoms with van der Waals surface area (Å²) >= 11 is 3.28. The summed E-state index contributed by atoms with van der Waals surface area (Å²) in [6.45, 7) is 5.00. The third kappa shape index (κ3) is 2.97. The van der Waals surface area contributed by atoms with Gasteiger partial charge in [0.25, 0.3) is 0 Å². The molecule has 0 aliphatic carbocycles. The molecule has 1 unspecified atom stereocenters. The number of nitrogens with one attached hydrogen (secondary N) is 2. The van der Waals surface area contributed by atoms with Crippen LogP contribution in [-0.4, -0.2) is 16.5 Å². The van der Waals surface area contributed by atoms with Crippen molar-refractivity contribution in [2.45, 2.75) is 19.9 Å². The van der Waals surface area contributed by atoms with Gasteiger partial charge in [0.05, 0.1) is 11.9 Å². The molecule has 2 rings (SSSR count). The molecule has 0 spiro atoms. The summed E-state index contributed by atoms with van der Waals surface area (Å²) in [6, 6.07) is 4.93. The van der Waals surface area contributed by atoms with E-state index < -0.39 is 0 Å². The van der Waals surface area contributed by atoms with Crippen LogP contribution in [0.25, 0.3) is 11.4 Å². The van der Waals surface area contributed by atoms with E-state index in [1.165, 1.54) is 12.1 Å². The minimum absolute atomic E-state index is 0.202. The summed E-state index contributed by atoms with van der Waals surface area (Å²) in [5.41, 5.74) is 1.73. The Morgan fingerprint density at radius 2 is 2.22 bits per heavy atom. The number of nitrogens with zero attached hydrogens (tertiary/aromatic N) is 1. The molecule has 0 radical (unpaired) electrons. The van der Waals surface area contributed by atoms with Crippen molar-refractivity contribution in [2.24, 2.45) is 0 Å². The molecule has 5 heteroatoms. The molecule has 0 fully saturated rings. The highest BCUT2D eigenvalue weighted by molar-refractivity contribution is 9.10. The highest BCUT2D eigenvalue weighted by Crippen LogP contribution is 2.23. The summed E-state index contributed by atoms with van der Waals surface area (Å²) in [5.74, 6) is 0.395. The molecule has 0 saturated heterocycles. The highest BCUT2D eigenvalue weighted by atomic mass is 79.9. The average molecular weight is 312 g/mol. The van der Waals surface area contributed by atoms with E-state index >= 15 is 0 Å². The van der Waals surface area contributed by atoms with Crippen LogP contribution >= 0.6 is 15.9 Å². The molecule has 1 atom stereocenters. The van der Waals surface area contributed by atoms with Crippen molar-refractivity contribution in [3.8, 4) is 11.4 Å². The van der Waals surface area contributed by atoms with Gasteiger partial charge in [-0.15, -0.1) is 0 Å². The fourth-order valence-electron chi connectivity index (χ4n) is 1.81. The molecule has 0 amide bonds. The molecular weight excluding hydrogens is 297 g/mol. The number of aromatic amines is 1. The van der Waals surface area contributed by atoms with Gasteiger partial charge in [0.2, 0.25) is 0 Å². The minimum atomic E-state index is -0.281. The van der Waals surface area contributed by atoms with Crippen LogP contribution in [0.1, 0.15) is 25.6 Å². The second kappa shape index (κ2) is 5.63. The molecule has 96 valence electrons. The third-order valence-electron chi connectivity index (χ3n) is 2.71. The number of rotatable bonds is 4. The zero-order valence-electron chi connectivity index (χ0n) is 10.3. The second-order valence-corrected chi connectivity index (χ2v) is 5.04. The summed E-state index contributed by atoms with van der Waals surface area (Å²) in [7, 11) is 0. The van der Waals surface area contributed by atoms with Gasteiger partial charge in [-0.3, -0.25) is 0 Å². The molecule has 1 aromatic carbocycles. The van der Waals surface area contributed by atoms with Crippen molar-refractivity contribution in [3.05, 3.63) is 40.4 Å². The van der Waals surface area contributed by atoms with Gasteiger partial charge >= 0.3 is 0 Å². The molecule has 1 aromatic heterocycles. The molecule has 0 aliphatic rings. The quantitative estimate of drug-likeness (QED) is 0.905. The molecule has 0 saturated carbocycles. The number of halogens is 2. The largest absolute Gasteiger partial charge is 0.341 e. The molecule has 18 heavy (non-hydrogen) atoms. The molecule has 0 aliphatic heterocycles. The number of hydrogen-bond acceptors (Lipinski definition) is 2. The van der Waals surface area contributed by atoms with E-state index in [4.69, 9.17) is 0 Å². The number of H-pyrrole nitrogens is 1. The van der Waals surface area contributed by atoms with E-state index in [9.17, 15) is 4.39 Å².